The fourth-order valence-corrected chi connectivity index (χ4v) is 2.07. The predicted molar refractivity (Wildman–Crippen MR) is 70.3 cm³/mol. The molecule has 1 saturated heterocycles. The van der Waals surface area contributed by atoms with Gasteiger partial charge < -0.3 is 15.4 Å². The molecule has 4 nitrogen and oxygen atoms in total. The molecule has 0 aromatic heterocycles. The topological polar surface area (TPSA) is 50.4 Å². The van der Waals surface area contributed by atoms with Crippen LogP contribution in [0.25, 0.3) is 0 Å². The van der Waals surface area contributed by atoms with E-state index in [0.29, 0.717) is 6.61 Å². The van der Waals surface area contributed by atoms with Gasteiger partial charge in [-0.2, -0.15) is 0 Å². The summed E-state index contributed by atoms with van der Waals surface area (Å²) in [6.45, 7) is 2.20. The van der Waals surface area contributed by atoms with Crippen molar-refractivity contribution < 1.29 is 9.53 Å². The average Bonchev–Trinajstić information content (AvgIpc) is 2.66. The smallest absolute Gasteiger partial charge is 0.407 e. The third-order valence-corrected chi connectivity index (χ3v) is 3.08. The number of carbonyl (C=O) groups is 1. The molecule has 1 aliphatic heterocycles. The van der Waals surface area contributed by atoms with Gasteiger partial charge in [0.1, 0.15) is 6.61 Å². The summed E-state index contributed by atoms with van der Waals surface area (Å²) in [6, 6.07) is 9.90. The summed E-state index contributed by atoms with van der Waals surface area (Å²) in [5, 5.41) is 6.21. The molecule has 1 amide bonds. The predicted octanol–water partition coefficient (Wildman–Crippen LogP) is 2.05. The lowest BCUT2D eigenvalue weighted by Gasteiger charge is -2.16. The Morgan fingerprint density at radius 3 is 3.00 bits per heavy atom. The van der Waals surface area contributed by atoms with Gasteiger partial charge in [0.05, 0.1) is 0 Å². The molecule has 1 atom stereocenters. The molecular weight excluding hydrogens is 228 g/mol. The molecule has 18 heavy (non-hydrogen) atoms. The minimum Gasteiger partial charge on any atom is -0.445 e. The molecule has 0 spiro atoms. The lowest BCUT2D eigenvalue weighted by molar-refractivity contribution is 0.135. The quantitative estimate of drug-likeness (QED) is 0.860. The molecule has 0 bridgehead atoms. The summed E-state index contributed by atoms with van der Waals surface area (Å²) < 4.78 is 5.19. The van der Waals surface area contributed by atoms with Gasteiger partial charge in [0.25, 0.3) is 0 Å². The molecule has 1 heterocycles. The van der Waals surface area contributed by atoms with Crippen LogP contribution in [0.1, 0.15) is 24.8 Å². The van der Waals surface area contributed by atoms with Crippen molar-refractivity contribution in [3.05, 3.63) is 35.9 Å². The first-order chi connectivity index (χ1) is 8.84. The van der Waals surface area contributed by atoms with Crippen molar-refractivity contribution in [3.63, 3.8) is 0 Å². The van der Waals surface area contributed by atoms with Crippen LogP contribution >= 0.6 is 0 Å². The monoisotopic (exact) mass is 248 g/mol. The van der Waals surface area contributed by atoms with Gasteiger partial charge in [-0.1, -0.05) is 36.8 Å². The maximum atomic E-state index is 11.6. The Hall–Kier alpha value is -1.55. The summed E-state index contributed by atoms with van der Waals surface area (Å²) in [5.74, 6) is 0. The first-order valence-electron chi connectivity index (χ1n) is 6.52. The van der Waals surface area contributed by atoms with Crippen molar-refractivity contribution in [1.82, 2.24) is 10.6 Å². The van der Waals surface area contributed by atoms with E-state index in [2.05, 4.69) is 10.6 Å². The highest BCUT2D eigenvalue weighted by atomic mass is 16.5. The third-order valence-electron chi connectivity index (χ3n) is 3.08. The fraction of sp³-hybridized carbons (Fsp3) is 0.500. The molecule has 1 aromatic carbocycles. The number of benzene rings is 1. The Bertz CT molecular complexity index is 359. The zero-order chi connectivity index (χ0) is 12.6. The summed E-state index contributed by atoms with van der Waals surface area (Å²) in [5.41, 5.74) is 1.01. The third kappa shape index (κ3) is 4.37. The Kier molecular flexibility index (Phi) is 5.02. The summed E-state index contributed by atoms with van der Waals surface area (Å²) in [4.78, 5) is 11.6. The Morgan fingerprint density at radius 2 is 2.17 bits per heavy atom. The lowest BCUT2D eigenvalue weighted by Crippen LogP contribution is -2.41. The average molecular weight is 248 g/mol. The van der Waals surface area contributed by atoms with Gasteiger partial charge in [-0.3, -0.25) is 0 Å². The highest BCUT2D eigenvalue weighted by molar-refractivity contribution is 5.67. The molecule has 0 unspecified atom stereocenters. The summed E-state index contributed by atoms with van der Waals surface area (Å²) in [7, 11) is 0. The molecule has 0 aliphatic carbocycles. The Morgan fingerprint density at radius 1 is 1.33 bits per heavy atom. The van der Waals surface area contributed by atoms with Crippen molar-refractivity contribution in [3.8, 4) is 0 Å². The van der Waals surface area contributed by atoms with Crippen LogP contribution < -0.4 is 10.6 Å². The van der Waals surface area contributed by atoms with Crippen LogP contribution in [0, 0.1) is 0 Å². The molecule has 1 aromatic rings. The molecule has 0 radical (unpaired) electrons. The van der Waals surface area contributed by atoms with Crippen molar-refractivity contribution in [2.75, 3.05) is 13.1 Å². The zero-order valence-electron chi connectivity index (χ0n) is 10.5. The van der Waals surface area contributed by atoms with Crippen molar-refractivity contribution in [1.29, 1.82) is 0 Å². The highest BCUT2D eigenvalue weighted by Crippen LogP contribution is 2.05. The summed E-state index contributed by atoms with van der Waals surface area (Å²) in [6.07, 6.45) is 3.02. The molecule has 2 rings (SSSR count). The van der Waals surface area contributed by atoms with E-state index in [4.69, 9.17) is 4.74 Å². The van der Waals surface area contributed by atoms with E-state index in [0.717, 1.165) is 31.5 Å². The normalized spacial score (nSPS) is 19.9. The molecule has 98 valence electrons. The molecule has 4 heteroatoms. The van der Waals surface area contributed by atoms with Gasteiger partial charge in [0.15, 0.2) is 0 Å². The Labute approximate surface area is 108 Å². The van der Waals surface area contributed by atoms with Gasteiger partial charge in [-0.05, 0) is 24.9 Å². The van der Waals surface area contributed by atoms with Gasteiger partial charge >= 0.3 is 6.09 Å². The van der Waals surface area contributed by atoms with Crippen molar-refractivity contribution in [2.45, 2.75) is 31.9 Å². The summed E-state index contributed by atoms with van der Waals surface area (Å²) >= 11 is 0. The van der Waals surface area contributed by atoms with Crippen LogP contribution in [0.5, 0.6) is 0 Å². The van der Waals surface area contributed by atoms with Gasteiger partial charge in [0.2, 0.25) is 0 Å². The van der Waals surface area contributed by atoms with Crippen LogP contribution in [0.2, 0.25) is 0 Å². The maximum Gasteiger partial charge on any atom is 0.407 e. The number of alkyl carbamates (subject to hydrolysis) is 1. The van der Waals surface area contributed by atoms with E-state index in [1.807, 2.05) is 30.3 Å². The van der Waals surface area contributed by atoms with Gasteiger partial charge in [-0.25, -0.2) is 4.79 Å². The first-order valence-corrected chi connectivity index (χ1v) is 6.52. The highest BCUT2D eigenvalue weighted by Gasteiger charge is 2.14. The number of rotatable bonds is 3. The minimum absolute atomic E-state index is 0.191. The molecular formula is C14H20N2O2. The molecule has 1 fully saturated rings. The SMILES string of the molecule is O=C(N[C@H]1CCCCNC1)OCc1ccccc1. The number of carbonyl (C=O) groups excluding carboxylic acids is 1. The van der Waals surface area contributed by atoms with E-state index >= 15 is 0 Å². The molecule has 0 saturated carbocycles. The minimum atomic E-state index is -0.326. The lowest BCUT2D eigenvalue weighted by atomic mass is 10.1. The van der Waals surface area contributed by atoms with Crippen LogP contribution in [0.15, 0.2) is 30.3 Å². The van der Waals surface area contributed by atoms with Gasteiger partial charge in [-0.15, -0.1) is 0 Å². The molecule has 2 N–H and O–H groups in total. The van der Waals surface area contributed by atoms with Crippen molar-refractivity contribution >= 4 is 6.09 Å². The second-order valence-corrected chi connectivity index (χ2v) is 4.60. The molecule has 1 aliphatic rings. The second kappa shape index (κ2) is 7.01. The van der Waals surface area contributed by atoms with Gasteiger partial charge in [0, 0.05) is 12.6 Å². The van der Waals surface area contributed by atoms with E-state index in [-0.39, 0.29) is 12.1 Å². The van der Waals surface area contributed by atoms with Crippen LogP contribution in [-0.4, -0.2) is 25.2 Å². The van der Waals surface area contributed by atoms with Crippen molar-refractivity contribution in [2.24, 2.45) is 0 Å². The van der Waals surface area contributed by atoms with E-state index < -0.39 is 0 Å². The van der Waals surface area contributed by atoms with E-state index in [9.17, 15) is 4.79 Å². The first kappa shape index (κ1) is 12.9. The standard InChI is InChI=1S/C14H20N2O2/c17-14(16-13-8-4-5-9-15-10-13)18-11-12-6-2-1-3-7-12/h1-3,6-7,13,15H,4-5,8-11H2,(H,16,17)/t13-/m0/s1. The number of ether oxygens (including phenoxy) is 1. The number of nitrogens with one attached hydrogen (secondary N) is 2. The largest absolute Gasteiger partial charge is 0.445 e. The number of hydrogen-bond acceptors (Lipinski definition) is 3. The van der Waals surface area contributed by atoms with E-state index in [1.165, 1.54) is 6.42 Å². The number of hydrogen-bond donors (Lipinski definition) is 2. The Balaban J connectivity index is 1.71. The van der Waals surface area contributed by atoms with E-state index in [1.54, 1.807) is 0 Å². The second-order valence-electron chi connectivity index (χ2n) is 4.60. The van der Waals surface area contributed by atoms with Crippen LogP contribution in [-0.2, 0) is 11.3 Å². The number of amides is 1. The fourth-order valence-electron chi connectivity index (χ4n) is 2.07. The van der Waals surface area contributed by atoms with Crippen LogP contribution in [0.3, 0.4) is 0 Å². The maximum absolute atomic E-state index is 11.6. The van der Waals surface area contributed by atoms with Crippen LogP contribution in [0.4, 0.5) is 4.79 Å². The zero-order valence-corrected chi connectivity index (χ0v) is 10.5.